The quantitative estimate of drug-likeness (QED) is 0.179. The maximum absolute atomic E-state index is 5.88. The van der Waals surface area contributed by atoms with Crippen LogP contribution in [0.2, 0.25) is 0 Å². The molecule has 38 heavy (non-hydrogen) atoms. The third-order valence-electron chi connectivity index (χ3n) is 7.58. The Morgan fingerprint density at radius 2 is 0.789 bits per heavy atom. The van der Waals surface area contributed by atoms with Crippen molar-refractivity contribution in [3.63, 3.8) is 0 Å². The van der Waals surface area contributed by atoms with Crippen molar-refractivity contribution in [2.24, 2.45) is 0 Å². The van der Waals surface area contributed by atoms with E-state index in [1.807, 2.05) is 24.3 Å². The molecule has 0 aliphatic carbocycles. The van der Waals surface area contributed by atoms with Gasteiger partial charge in [0.1, 0.15) is 0 Å². The number of aryl methyl sites for hydroxylation is 4. The van der Waals surface area contributed by atoms with Crippen LogP contribution in [0.1, 0.15) is 84.0 Å². The highest BCUT2D eigenvalue weighted by atomic mass is 14.5. The van der Waals surface area contributed by atoms with E-state index in [0.717, 1.165) is 49.9 Å². The molecule has 198 valence electrons. The lowest BCUT2D eigenvalue weighted by molar-refractivity contribution is 0.771. The summed E-state index contributed by atoms with van der Waals surface area (Å²) in [5.74, 6) is 0. The Bertz CT molecular complexity index is 1180. The van der Waals surface area contributed by atoms with Gasteiger partial charge in [-0.25, -0.2) is 0 Å². The van der Waals surface area contributed by atoms with Gasteiger partial charge in [0, 0.05) is 11.4 Å². The van der Waals surface area contributed by atoms with Crippen LogP contribution in [0.25, 0.3) is 0 Å². The molecule has 0 fully saturated rings. The maximum Gasteiger partial charge on any atom is 0.0314 e. The van der Waals surface area contributed by atoms with E-state index in [2.05, 4.69) is 74.5 Å². The molecule has 0 bridgehead atoms. The summed E-state index contributed by atoms with van der Waals surface area (Å²) < 4.78 is 0. The molecular formula is C36H44N2. The van der Waals surface area contributed by atoms with Gasteiger partial charge in [0.05, 0.1) is 0 Å². The van der Waals surface area contributed by atoms with Crippen LogP contribution < -0.4 is 11.5 Å². The fourth-order valence-electron chi connectivity index (χ4n) is 5.28. The summed E-state index contributed by atoms with van der Waals surface area (Å²) in [6.07, 6.45) is 11.3. The van der Waals surface area contributed by atoms with Gasteiger partial charge in [-0.15, -0.1) is 0 Å². The lowest BCUT2D eigenvalue weighted by atomic mass is 9.90. The van der Waals surface area contributed by atoms with Crippen LogP contribution >= 0.6 is 0 Å². The van der Waals surface area contributed by atoms with Crippen molar-refractivity contribution in [3.05, 3.63) is 129 Å². The Kier molecular flexibility index (Phi) is 10.0. The van der Waals surface area contributed by atoms with Crippen molar-refractivity contribution in [2.45, 2.75) is 78.1 Å². The lowest BCUT2D eigenvalue weighted by Gasteiger charge is -2.15. The van der Waals surface area contributed by atoms with Crippen molar-refractivity contribution in [3.8, 4) is 0 Å². The van der Waals surface area contributed by atoms with Crippen molar-refractivity contribution < 1.29 is 0 Å². The second-order valence-corrected chi connectivity index (χ2v) is 10.7. The molecule has 0 aliphatic rings. The van der Waals surface area contributed by atoms with E-state index in [4.69, 9.17) is 11.5 Å². The van der Waals surface area contributed by atoms with Gasteiger partial charge in [0.15, 0.2) is 0 Å². The molecule has 4 aromatic carbocycles. The van der Waals surface area contributed by atoms with Crippen molar-refractivity contribution in [1.82, 2.24) is 0 Å². The third kappa shape index (κ3) is 7.99. The highest BCUT2D eigenvalue weighted by Gasteiger charge is 2.10. The molecule has 0 saturated carbocycles. The number of hydrogen-bond donors (Lipinski definition) is 2. The first-order valence-corrected chi connectivity index (χ1v) is 14.4. The van der Waals surface area contributed by atoms with Gasteiger partial charge < -0.3 is 11.5 Å². The topological polar surface area (TPSA) is 52.0 Å². The van der Waals surface area contributed by atoms with Gasteiger partial charge in [-0.3, -0.25) is 0 Å². The summed E-state index contributed by atoms with van der Waals surface area (Å²) >= 11 is 0. The zero-order valence-corrected chi connectivity index (χ0v) is 23.3. The molecule has 0 aliphatic heterocycles. The van der Waals surface area contributed by atoms with Crippen LogP contribution in [0.3, 0.4) is 0 Å². The van der Waals surface area contributed by atoms with E-state index >= 15 is 0 Å². The van der Waals surface area contributed by atoms with E-state index in [9.17, 15) is 0 Å². The number of rotatable bonds is 13. The van der Waals surface area contributed by atoms with Gasteiger partial charge in [-0.05, 0) is 120 Å². The summed E-state index contributed by atoms with van der Waals surface area (Å²) in [7, 11) is 0. The minimum atomic E-state index is 0.823. The average molecular weight is 505 g/mol. The minimum absolute atomic E-state index is 0.823. The number of nitrogens with two attached hydrogens (primary N) is 2. The zero-order chi connectivity index (χ0) is 26.7. The van der Waals surface area contributed by atoms with Gasteiger partial charge in [0.2, 0.25) is 0 Å². The van der Waals surface area contributed by atoms with Crippen molar-refractivity contribution in [1.29, 1.82) is 0 Å². The monoisotopic (exact) mass is 504 g/mol. The highest BCUT2D eigenvalue weighted by molar-refractivity contribution is 5.43. The number of hydrogen-bond acceptors (Lipinski definition) is 2. The summed E-state index contributed by atoms with van der Waals surface area (Å²) in [5, 5.41) is 0. The van der Waals surface area contributed by atoms with Gasteiger partial charge in [0.25, 0.3) is 0 Å². The Morgan fingerprint density at radius 3 is 1.16 bits per heavy atom. The molecule has 2 heteroatoms. The van der Waals surface area contributed by atoms with Gasteiger partial charge in [-0.2, -0.15) is 0 Å². The van der Waals surface area contributed by atoms with E-state index in [0.29, 0.717) is 0 Å². The molecule has 0 spiro atoms. The molecule has 0 radical (unpaired) electrons. The number of unbranched alkanes of at least 4 members (excludes halogenated alkanes) is 2. The highest BCUT2D eigenvalue weighted by Crippen LogP contribution is 2.23. The standard InChI is InChI=1S/C36H44N2/c1-3-5-7-33-25-29(23-27-11-19-35(37)20-12-27)9-15-31(33)17-18-32-16-10-30(26-34(32)8-6-4-2)24-28-13-21-36(38)22-14-28/h9-16,19-22,25-26H,3-8,17-18,23-24,37-38H2,1-2H3. The fourth-order valence-corrected chi connectivity index (χ4v) is 5.28. The van der Waals surface area contributed by atoms with Gasteiger partial charge in [-0.1, -0.05) is 87.4 Å². The molecule has 0 unspecified atom stereocenters. The first-order valence-electron chi connectivity index (χ1n) is 14.4. The summed E-state index contributed by atoms with van der Waals surface area (Å²) in [5.41, 5.74) is 24.9. The van der Waals surface area contributed by atoms with E-state index in [1.54, 1.807) is 0 Å². The van der Waals surface area contributed by atoms with Gasteiger partial charge >= 0.3 is 0 Å². The van der Waals surface area contributed by atoms with Crippen LogP contribution in [0.15, 0.2) is 84.9 Å². The second-order valence-electron chi connectivity index (χ2n) is 10.7. The molecule has 4 N–H and O–H groups in total. The molecule has 0 saturated heterocycles. The molecule has 2 nitrogen and oxygen atoms in total. The Hall–Kier alpha value is -3.52. The molecular weight excluding hydrogens is 460 g/mol. The molecule has 0 heterocycles. The first kappa shape index (κ1) is 27.5. The normalized spacial score (nSPS) is 11.1. The number of nitrogen functional groups attached to an aromatic ring is 2. The number of anilines is 2. The van der Waals surface area contributed by atoms with Crippen LogP contribution in [-0.4, -0.2) is 0 Å². The molecule has 0 amide bonds. The maximum atomic E-state index is 5.88. The van der Waals surface area contributed by atoms with E-state index in [-0.39, 0.29) is 0 Å². The first-order chi connectivity index (χ1) is 18.5. The third-order valence-corrected chi connectivity index (χ3v) is 7.58. The smallest absolute Gasteiger partial charge is 0.0314 e. The number of benzene rings is 4. The summed E-state index contributed by atoms with van der Waals surface area (Å²) in [6.45, 7) is 4.56. The van der Waals surface area contributed by atoms with Crippen LogP contribution in [0.5, 0.6) is 0 Å². The zero-order valence-electron chi connectivity index (χ0n) is 23.3. The predicted molar refractivity (Wildman–Crippen MR) is 165 cm³/mol. The minimum Gasteiger partial charge on any atom is -0.399 e. The molecule has 0 atom stereocenters. The lowest BCUT2D eigenvalue weighted by Crippen LogP contribution is -2.03. The largest absolute Gasteiger partial charge is 0.399 e. The predicted octanol–water partition coefficient (Wildman–Crippen LogP) is 8.50. The van der Waals surface area contributed by atoms with E-state index < -0.39 is 0 Å². The van der Waals surface area contributed by atoms with Crippen LogP contribution in [0, 0.1) is 0 Å². The Balaban J connectivity index is 1.50. The van der Waals surface area contributed by atoms with Crippen LogP contribution in [-0.2, 0) is 38.5 Å². The SMILES string of the molecule is CCCCc1cc(Cc2ccc(N)cc2)ccc1CCc1ccc(Cc2ccc(N)cc2)cc1CCCC. The van der Waals surface area contributed by atoms with Crippen molar-refractivity contribution >= 4 is 11.4 Å². The second kappa shape index (κ2) is 13.9. The van der Waals surface area contributed by atoms with Crippen molar-refractivity contribution in [2.75, 3.05) is 11.5 Å². The molecule has 4 aromatic rings. The fraction of sp³-hybridized carbons (Fsp3) is 0.333. The molecule has 4 rings (SSSR count). The van der Waals surface area contributed by atoms with Crippen LogP contribution in [0.4, 0.5) is 11.4 Å². The summed E-state index contributed by atoms with van der Waals surface area (Å²) in [6, 6.07) is 30.9. The Labute approximate surface area is 230 Å². The Morgan fingerprint density at radius 1 is 0.421 bits per heavy atom. The van der Waals surface area contributed by atoms with E-state index in [1.165, 1.54) is 70.2 Å². The molecule has 0 aromatic heterocycles. The summed E-state index contributed by atoms with van der Waals surface area (Å²) in [4.78, 5) is 0. The average Bonchev–Trinajstić information content (AvgIpc) is 2.93.